The van der Waals surface area contributed by atoms with E-state index in [0.29, 0.717) is 18.8 Å². The molecule has 0 atom stereocenters. The van der Waals surface area contributed by atoms with Gasteiger partial charge < -0.3 is 9.15 Å². The van der Waals surface area contributed by atoms with E-state index < -0.39 is 0 Å². The lowest BCUT2D eigenvalue weighted by molar-refractivity contribution is 0.0935. The monoisotopic (exact) mass is 230 g/mol. The normalized spacial score (nSPS) is 10.2. The standard InChI is InChI=1S/C14H14O3/c1-11-4-2-5-12(10-11)16-9-7-13(15)14-6-3-8-17-14/h2-6,8,10H,7,9H2,1H3. The maximum Gasteiger partial charge on any atom is 0.201 e. The highest BCUT2D eigenvalue weighted by Crippen LogP contribution is 2.13. The largest absolute Gasteiger partial charge is 0.493 e. The van der Waals surface area contributed by atoms with Crippen molar-refractivity contribution in [2.45, 2.75) is 13.3 Å². The Morgan fingerprint density at radius 2 is 2.18 bits per heavy atom. The first-order valence-corrected chi connectivity index (χ1v) is 5.52. The van der Waals surface area contributed by atoms with Crippen LogP contribution in [-0.4, -0.2) is 12.4 Å². The molecule has 17 heavy (non-hydrogen) atoms. The lowest BCUT2D eigenvalue weighted by Gasteiger charge is -2.05. The number of hydrogen-bond donors (Lipinski definition) is 0. The second-order valence-electron chi connectivity index (χ2n) is 3.82. The smallest absolute Gasteiger partial charge is 0.201 e. The van der Waals surface area contributed by atoms with Gasteiger partial charge in [-0.3, -0.25) is 4.79 Å². The summed E-state index contributed by atoms with van der Waals surface area (Å²) in [6, 6.07) is 11.1. The Hall–Kier alpha value is -2.03. The summed E-state index contributed by atoms with van der Waals surface area (Å²) in [5.74, 6) is 1.14. The van der Waals surface area contributed by atoms with Crippen molar-refractivity contribution in [2.75, 3.05) is 6.61 Å². The van der Waals surface area contributed by atoms with Gasteiger partial charge in [0, 0.05) is 6.42 Å². The maximum absolute atomic E-state index is 11.6. The predicted octanol–water partition coefficient (Wildman–Crippen LogP) is 3.24. The molecular formula is C14H14O3. The fourth-order valence-corrected chi connectivity index (χ4v) is 1.53. The molecule has 0 saturated carbocycles. The van der Waals surface area contributed by atoms with Gasteiger partial charge in [0.2, 0.25) is 5.78 Å². The number of benzene rings is 1. The summed E-state index contributed by atoms with van der Waals surface area (Å²) in [5.41, 5.74) is 1.14. The summed E-state index contributed by atoms with van der Waals surface area (Å²) >= 11 is 0. The molecule has 2 aromatic rings. The minimum Gasteiger partial charge on any atom is -0.493 e. The van der Waals surface area contributed by atoms with Crippen LogP contribution in [0.1, 0.15) is 22.5 Å². The van der Waals surface area contributed by atoms with E-state index >= 15 is 0 Å². The fraction of sp³-hybridized carbons (Fsp3) is 0.214. The molecule has 0 aliphatic rings. The molecule has 1 aromatic heterocycles. The van der Waals surface area contributed by atoms with Gasteiger partial charge in [-0.2, -0.15) is 0 Å². The molecule has 0 unspecified atom stereocenters. The molecule has 1 aromatic carbocycles. The van der Waals surface area contributed by atoms with E-state index in [2.05, 4.69) is 0 Å². The summed E-state index contributed by atoms with van der Waals surface area (Å²) in [6.45, 7) is 2.36. The SMILES string of the molecule is Cc1cccc(OCCC(=O)c2ccco2)c1. The molecule has 0 aliphatic heterocycles. The van der Waals surface area contributed by atoms with Crippen molar-refractivity contribution in [1.29, 1.82) is 0 Å². The average molecular weight is 230 g/mol. The number of carbonyl (C=O) groups excluding carboxylic acids is 1. The highest BCUT2D eigenvalue weighted by molar-refractivity contribution is 5.93. The maximum atomic E-state index is 11.6. The van der Waals surface area contributed by atoms with Gasteiger partial charge in [-0.15, -0.1) is 0 Å². The molecule has 3 heteroatoms. The van der Waals surface area contributed by atoms with Crippen LogP contribution in [0.15, 0.2) is 47.1 Å². The van der Waals surface area contributed by atoms with Gasteiger partial charge >= 0.3 is 0 Å². The zero-order chi connectivity index (χ0) is 12.1. The first-order valence-electron chi connectivity index (χ1n) is 5.52. The lowest BCUT2D eigenvalue weighted by atomic mass is 10.2. The minimum absolute atomic E-state index is 0.0392. The summed E-state index contributed by atoms with van der Waals surface area (Å²) < 4.78 is 10.5. The van der Waals surface area contributed by atoms with Crippen LogP contribution < -0.4 is 4.74 Å². The Balaban J connectivity index is 1.82. The topological polar surface area (TPSA) is 39.4 Å². The van der Waals surface area contributed by atoms with Crippen LogP contribution in [0.2, 0.25) is 0 Å². The van der Waals surface area contributed by atoms with Crippen LogP contribution in [0.4, 0.5) is 0 Å². The molecule has 88 valence electrons. The average Bonchev–Trinajstić information content (AvgIpc) is 2.82. The zero-order valence-electron chi connectivity index (χ0n) is 9.68. The van der Waals surface area contributed by atoms with Crippen LogP contribution in [0.3, 0.4) is 0 Å². The molecule has 0 radical (unpaired) electrons. The van der Waals surface area contributed by atoms with Gasteiger partial charge in [0.05, 0.1) is 12.9 Å². The Morgan fingerprint density at radius 1 is 1.29 bits per heavy atom. The Kier molecular flexibility index (Phi) is 3.60. The third-order valence-electron chi connectivity index (χ3n) is 2.38. The number of furan rings is 1. The highest BCUT2D eigenvalue weighted by atomic mass is 16.5. The molecule has 0 N–H and O–H groups in total. The van der Waals surface area contributed by atoms with E-state index in [1.165, 1.54) is 6.26 Å². The molecule has 2 rings (SSSR count). The zero-order valence-corrected chi connectivity index (χ0v) is 9.68. The fourth-order valence-electron chi connectivity index (χ4n) is 1.53. The van der Waals surface area contributed by atoms with Gasteiger partial charge in [0.25, 0.3) is 0 Å². The summed E-state index contributed by atoms with van der Waals surface area (Å²) in [4.78, 5) is 11.6. The summed E-state index contributed by atoms with van der Waals surface area (Å²) in [5, 5.41) is 0. The van der Waals surface area contributed by atoms with E-state index in [0.717, 1.165) is 11.3 Å². The summed E-state index contributed by atoms with van der Waals surface area (Å²) in [7, 11) is 0. The van der Waals surface area contributed by atoms with Gasteiger partial charge in [-0.25, -0.2) is 0 Å². The van der Waals surface area contributed by atoms with Crippen LogP contribution in [0.5, 0.6) is 5.75 Å². The van der Waals surface area contributed by atoms with Gasteiger partial charge in [0.1, 0.15) is 5.75 Å². The highest BCUT2D eigenvalue weighted by Gasteiger charge is 2.08. The predicted molar refractivity (Wildman–Crippen MR) is 64.3 cm³/mol. The lowest BCUT2D eigenvalue weighted by Crippen LogP contribution is -2.05. The van der Waals surface area contributed by atoms with Crippen LogP contribution in [0.25, 0.3) is 0 Å². The van der Waals surface area contributed by atoms with Crippen molar-refractivity contribution in [1.82, 2.24) is 0 Å². The molecule has 0 amide bonds. The number of rotatable bonds is 5. The third kappa shape index (κ3) is 3.21. The van der Waals surface area contributed by atoms with Crippen molar-refractivity contribution < 1.29 is 13.9 Å². The van der Waals surface area contributed by atoms with Crippen LogP contribution in [-0.2, 0) is 0 Å². The van der Waals surface area contributed by atoms with E-state index in [-0.39, 0.29) is 5.78 Å². The molecule has 0 bridgehead atoms. The number of aryl methyl sites for hydroxylation is 1. The van der Waals surface area contributed by atoms with E-state index in [1.807, 2.05) is 31.2 Å². The van der Waals surface area contributed by atoms with Crippen molar-refractivity contribution >= 4 is 5.78 Å². The number of hydrogen-bond acceptors (Lipinski definition) is 3. The van der Waals surface area contributed by atoms with Crippen molar-refractivity contribution in [2.24, 2.45) is 0 Å². The second kappa shape index (κ2) is 5.34. The second-order valence-corrected chi connectivity index (χ2v) is 3.82. The third-order valence-corrected chi connectivity index (χ3v) is 2.38. The number of carbonyl (C=O) groups is 1. The number of ether oxygens (including phenoxy) is 1. The van der Waals surface area contributed by atoms with Crippen molar-refractivity contribution in [3.05, 3.63) is 54.0 Å². The van der Waals surface area contributed by atoms with Crippen LogP contribution >= 0.6 is 0 Å². The number of ketones is 1. The van der Waals surface area contributed by atoms with Gasteiger partial charge in [-0.05, 0) is 36.8 Å². The summed E-state index contributed by atoms with van der Waals surface area (Å²) in [6.07, 6.45) is 1.82. The first kappa shape index (κ1) is 11.5. The molecule has 0 fully saturated rings. The molecule has 0 saturated heterocycles. The van der Waals surface area contributed by atoms with Gasteiger partial charge in [0.15, 0.2) is 5.76 Å². The number of Topliss-reactive ketones (excluding diaryl/α,β-unsaturated/α-hetero) is 1. The molecule has 3 nitrogen and oxygen atoms in total. The quantitative estimate of drug-likeness (QED) is 0.740. The van der Waals surface area contributed by atoms with Crippen molar-refractivity contribution in [3.8, 4) is 5.75 Å². The van der Waals surface area contributed by atoms with E-state index in [4.69, 9.17) is 9.15 Å². The molecular weight excluding hydrogens is 216 g/mol. The van der Waals surface area contributed by atoms with Crippen LogP contribution in [0, 0.1) is 6.92 Å². The molecule has 0 spiro atoms. The Labute approximate surface area is 100 Å². The Bertz CT molecular complexity index is 486. The van der Waals surface area contributed by atoms with Gasteiger partial charge in [-0.1, -0.05) is 12.1 Å². The molecule has 0 aliphatic carbocycles. The minimum atomic E-state index is -0.0392. The van der Waals surface area contributed by atoms with E-state index in [9.17, 15) is 4.79 Å². The van der Waals surface area contributed by atoms with E-state index in [1.54, 1.807) is 12.1 Å². The Morgan fingerprint density at radius 3 is 2.88 bits per heavy atom. The first-order chi connectivity index (χ1) is 8.25. The van der Waals surface area contributed by atoms with Crippen molar-refractivity contribution in [3.63, 3.8) is 0 Å². The molecule has 1 heterocycles.